The first-order chi connectivity index (χ1) is 11.1. The first-order valence-corrected chi connectivity index (χ1v) is 8.68. The third kappa shape index (κ3) is 4.34. The molecule has 1 fully saturated rings. The zero-order chi connectivity index (χ0) is 16.2. The summed E-state index contributed by atoms with van der Waals surface area (Å²) in [5.41, 5.74) is 2.07. The normalized spacial score (nSPS) is 18.0. The standard InChI is InChI=1S/C18H17BrClNO2/c19-15-5-1-13(2-6-15)11-18(22)21-9-10-23-17(12-21)14-3-7-16(20)8-4-14/h1-8,17H,9-12H2. The van der Waals surface area contributed by atoms with Gasteiger partial charge in [0.25, 0.3) is 0 Å². The van der Waals surface area contributed by atoms with Crippen molar-refractivity contribution < 1.29 is 9.53 Å². The molecule has 1 aliphatic heterocycles. The van der Waals surface area contributed by atoms with Gasteiger partial charge in [0, 0.05) is 16.0 Å². The summed E-state index contributed by atoms with van der Waals surface area (Å²) in [7, 11) is 0. The number of rotatable bonds is 3. The molecule has 3 nitrogen and oxygen atoms in total. The summed E-state index contributed by atoms with van der Waals surface area (Å²) < 4.78 is 6.82. The second-order valence-corrected chi connectivity index (χ2v) is 6.91. The summed E-state index contributed by atoms with van der Waals surface area (Å²) in [6, 6.07) is 15.5. The van der Waals surface area contributed by atoms with Crippen LogP contribution in [-0.4, -0.2) is 30.5 Å². The van der Waals surface area contributed by atoms with Gasteiger partial charge in [-0.1, -0.05) is 51.8 Å². The molecule has 0 bridgehead atoms. The molecule has 3 rings (SSSR count). The van der Waals surface area contributed by atoms with E-state index in [0.717, 1.165) is 15.6 Å². The van der Waals surface area contributed by atoms with Gasteiger partial charge in [0.15, 0.2) is 0 Å². The number of halogens is 2. The fourth-order valence-corrected chi connectivity index (χ4v) is 3.03. The zero-order valence-corrected chi connectivity index (χ0v) is 14.9. The van der Waals surface area contributed by atoms with Crippen LogP contribution in [0.25, 0.3) is 0 Å². The molecule has 0 aliphatic carbocycles. The molecule has 1 atom stereocenters. The molecule has 120 valence electrons. The van der Waals surface area contributed by atoms with Crippen molar-refractivity contribution in [2.75, 3.05) is 19.7 Å². The van der Waals surface area contributed by atoms with Crippen molar-refractivity contribution in [2.45, 2.75) is 12.5 Å². The van der Waals surface area contributed by atoms with E-state index in [1.54, 1.807) is 0 Å². The van der Waals surface area contributed by atoms with Crippen LogP contribution in [-0.2, 0) is 16.0 Å². The monoisotopic (exact) mass is 393 g/mol. The average Bonchev–Trinajstić information content (AvgIpc) is 2.58. The van der Waals surface area contributed by atoms with Crippen LogP contribution in [0.3, 0.4) is 0 Å². The van der Waals surface area contributed by atoms with E-state index >= 15 is 0 Å². The third-order valence-electron chi connectivity index (χ3n) is 3.93. The van der Waals surface area contributed by atoms with Crippen LogP contribution in [0, 0.1) is 0 Å². The van der Waals surface area contributed by atoms with E-state index in [4.69, 9.17) is 16.3 Å². The fraction of sp³-hybridized carbons (Fsp3) is 0.278. The number of hydrogen-bond donors (Lipinski definition) is 0. The predicted octanol–water partition coefficient (Wildman–Crippen LogP) is 4.25. The zero-order valence-electron chi connectivity index (χ0n) is 12.5. The van der Waals surface area contributed by atoms with E-state index in [0.29, 0.717) is 31.1 Å². The van der Waals surface area contributed by atoms with Gasteiger partial charge in [-0.15, -0.1) is 0 Å². The number of amides is 1. The lowest BCUT2D eigenvalue weighted by atomic mass is 10.1. The maximum Gasteiger partial charge on any atom is 0.227 e. The Morgan fingerprint density at radius 2 is 1.87 bits per heavy atom. The molecular formula is C18H17BrClNO2. The van der Waals surface area contributed by atoms with Crippen molar-refractivity contribution in [1.82, 2.24) is 4.90 Å². The van der Waals surface area contributed by atoms with Gasteiger partial charge in [-0.3, -0.25) is 4.79 Å². The Bertz CT molecular complexity index is 672. The molecule has 1 saturated heterocycles. The molecule has 2 aromatic carbocycles. The summed E-state index contributed by atoms with van der Waals surface area (Å²) in [5.74, 6) is 0.134. The van der Waals surface area contributed by atoms with Crippen LogP contribution in [0.15, 0.2) is 53.0 Å². The highest BCUT2D eigenvalue weighted by molar-refractivity contribution is 9.10. The first-order valence-electron chi connectivity index (χ1n) is 7.51. The van der Waals surface area contributed by atoms with Crippen molar-refractivity contribution >= 4 is 33.4 Å². The van der Waals surface area contributed by atoms with Gasteiger partial charge >= 0.3 is 0 Å². The van der Waals surface area contributed by atoms with Crippen LogP contribution in [0.5, 0.6) is 0 Å². The molecule has 2 aromatic rings. The molecule has 0 saturated carbocycles. The van der Waals surface area contributed by atoms with Gasteiger partial charge in [-0.25, -0.2) is 0 Å². The van der Waals surface area contributed by atoms with Crippen LogP contribution >= 0.6 is 27.5 Å². The summed E-state index contributed by atoms with van der Waals surface area (Å²) in [6.45, 7) is 1.77. The van der Waals surface area contributed by atoms with Crippen LogP contribution in [0.1, 0.15) is 17.2 Å². The largest absolute Gasteiger partial charge is 0.370 e. The molecule has 5 heteroatoms. The lowest BCUT2D eigenvalue weighted by Crippen LogP contribution is -2.42. The van der Waals surface area contributed by atoms with Gasteiger partial charge in [0.1, 0.15) is 6.10 Å². The van der Waals surface area contributed by atoms with E-state index in [-0.39, 0.29) is 12.0 Å². The quantitative estimate of drug-likeness (QED) is 0.779. The molecule has 0 spiro atoms. The number of morpholine rings is 1. The van der Waals surface area contributed by atoms with E-state index in [2.05, 4.69) is 15.9 Å². The van der Waals surface area contributed by atoms with E-state index in [1.807, 2.05) is 53.4 Å². The van der Waals surface area contributed by atoms with Crippen molar-refractivity contribution in [1.29, 1.82) is 0 Å². The lowest BCUT2D eigenvalue weighted by molar-refractivity contribution is -0.138. The molecule has 23 heavy (non-hydrogen) atoms. The van der Waals surface area contributed by atoms with Crippen molar-refractivity contribution in [3.8, 4) is 0 Å². The molecule has 1 heterocycles. The third-order valence-corrected chi connectivity index (χ3v) is 4.71. The van der Waals surface area contributed by atoms with Gasteiger partial charge in [0.2, 0.25) is 5.91 Å². The molecule has 0 aromatic heterocycles. The number of nitrogens with zero attached hydrogens (tertiary/aromatic N) is 1. The highest BCUT2D eigenvalue weighted by atomic mass is 79.9. The Labute approximate surface area is 149 Å². The van der Waals surface area contributed by atoms with Crippen molar-refractivity contribution in [3.05, 3.63) is 69.2 Å². The highest BCUT2D eigenvalue weighted by Crippen LogP contribution is 2.24. The van der Waals surface area contributed by atoms with Crippen molar-refractivity contribution in [3.63, 3.8) is 0 Å². The molecule has 1 amide bonds. The van der Waals surface area contributed by atoms with Gasteiger partial charge in [0.05, 0.1) is 19.6 Å². The number of carbonyl (C=O) groups excluding carboxylic acids is 1. The van der Waals surface area contributed by atoms with Crippen LogP contribution < -0.4 is 0 Å². The number of benzene rings is 2. The Morgan fingerprint density at radius 1 is 1.17 bits per heavy atom. The minimum absolute atomic E-state index is 0.0881. The Hall–Kier alpha value is -1.36. The molecule has 0 N–H and O–H groups in total. The second-order valence-electron chi connectivity index (χ2n) is 5.55. The SMILES string of the molecule is O=C(Cc1ccc(Br)cc1)N1CCOC(c2ccc(Cl)cc2)C1. The maximum atomic E-state index is 12.5. The summed E-state index contributed by atoms with van der Waals surface area (Å²) >= 11 is 9.33. The Morgan fingerprint density at radius 3 is 2.57 bits per heavy atom. The number of hydrogen-bond acceptors (Lipinski definition) is 2. The van der Waals surface area contributed by atoms with Crippen LogP contribution in [0.2, 0.25) is 5.02 Å². The topological polar surface area (TPSA) is 29.5 Å². The van der Waals surface area contributed by atoms with Gasteiger partial charge in [-0.05, 0) is 35.4 Å². The summed E-state index contributed by atoms with van der Waals surface area (Å²) in [6.07, 6.45) is 0.329. The van der Waals surface area contributed by atoms with E-state index < -0.39 is 0 Å². The molecule has 1 unspecified atom stereocenters. The average molecular weight is 395 g/mol. The number of ether oxygens (including phenoxy) is 1. The Kier molecular flexibility index (Phi) is 5.36. The maximum absolute atomic E-state index is 12.5. The highest BCUT2D eigenvalue weighted by Gasteiger charge is 2.25. The van der Waals surface area contributed by atoms with E-state index in [9.17, 15) is 4.79 Å². The smallest absolute Gasteiger partial charge is 0.227 e. The van der Waals surface area contributed by atoms with Crippen molar-refractivity contribution in [2.24, 2.45) is 0 Å². The first kappa shape index (κ1) is 16.5. The molecule has 1 aliphatic rings. The molecule has 0 radical (unpaired) electrons. The fourth-order valence-electron chi connectivity index (χ4n) is 2.64. The second kappa shape index (κ2) is 7.47. The number of carbonyl (C=O) groups is 1. The minimum Gasteiger partial charge on any atom is -0.370 e. The van der Waals surface area contributed by atoms with Crippen LogP contribution in [0.4, 0.5) is 0 Å². The summed E-state index contributed by atoms with van der Waals surface area (Å²) in [5, 5.41) is 0.702. The van der Waals surface area contributed by atoms with E-state index in [1.165, 1.54) is 0 Å². The minimum atomic E-state index is -0.0881. The predicted molar refractivity (Wildman–Crippen MR) is 94.6 cm³/mol. The Balaban J connectivity index is 1.64. The lowest BCUT2D eigenvalue weighted by Gasteiger charge is -2.33. The van der Waals surface area contributed by atoms with Gasteiger partial charge < -0.3 is 9.64 Å². The summed E-state index contributed by atoms with van der Waals surface area (Å²) in [4.78, 5) is 14.4. The van der Waals surface area contributed by atoms with Gasteiger partial charge in [-0.2, -0.15) is 0 Å². The molecular weight excluding hydrogens is 378 g/mol.